The summed E-state index contributed by atoms with van der Waals surface area (Å²) in [6, 6.07) is 23.1. The van der Waals surface area contributed by atoms with Gasteiger partial charge >= 0.3 is 0 Å². The molecule has 1 amide bonds. The van der Waals surface area contributed by atoms with Gasteiger partial charge in [-0.3, -0.25) is 4.79 Å². The van der Waals surface area contributed by atoms with E-state index in [2.05, 4.69) is 0 Å². The summed E-state index contributed by atoms with van der Waals surface area (Å²) in [7, 11) is 0. The predicted octanol–water partition coefficient (Wildman–Crippen LogP) is 4.45. The normalized spacial score (nSPS) is 14.3. The lowest BCUT2D eigenvalue weighted by molar-refractivity contribution is -0.132. The first-order valence-electron chi connectivity index (χ1n) is 9.72. The Kier molecular flexibility index (Phi) is 5.56. The highest BCUT2D eigenvalue weighted by Gasteiger charge is 2.30. The molecule has 0 N–H and O–H groups in total. The van der Waals surface area contributed by atoms with Crippen LogP contribution in [0, 0.1) is 11.6 Å². The highest BCUT2D eigenvalue weighted by Crippen LogP contribution is 2.28. The molecule has 0 saturated carbocycles. The Bertz CT molecular complexity index is 931. The monoisotopic (exact) mass is 392 g/mol. The molecule has 3 aromatic rings. The van der Waals surface area contributed by atoms with Crippen molar-refractivity contribution in [2.45, 2.75) is 5.92 Å². The van der Waals surface area contributed by atoms with Crippen molar-refractivity contribution >= 4 is 11.6 Å². The summed E-state index contributed by atoms with van der Waals surface area (Å²) in [5, 5.41) is 0. The molecular formula is C24H22F2N2O. The van der Waals surface area contributed by atoms with E-state index in [4.69, 9.17) is 0 Å². The van der Waals surface area contributed by atoms with Gasteiger partial charge in [-0.2, -0.15) is 0 Å². The maximum absolute atomic E-state index is 14.1. The van der Waals surface area contributed by atoms with Crippen LogP contribution in [0.1, 0.15) is 17.0 Å². The Balaban J connectivity index is 1.52. The molecule has 1 heterocycles. The topological polar surface area (TPSA) is 23.6 Å². The standard InChI is InChI=1S/C24H22F2N2O/c25-20-11-12-22(21(26)17-20)27-13-15-28(16-14-27)24(29)23(18-7-3-1-4-8-18)19-9-5-2-6-10-19/h1-12,17,23H,13-16H2. The molecule has 3 aromatic carbocycles. The summed E-state index contributed by atoms with van der Waals surface area (Å²) in [6.45, 7) is 1.99. The predicted molar refractivity (Wildman–Crippen MR) is 110 cm³/mol. The molecule has 1 aliphatic heterocycles. The lowest BCUT2D eigenvalue weighted by atomic mass is 9.90. The summed E-state index contributed by atoms with van der Waals surface area (Å²) in [6.07, 6.45) is 0. The van der Waals surface area contributed by atoms with Crippen LogP contribution in [0.15, 0.2) is 78.9 Å². The fourth-order valence-electron chi connectivity index (χ4n) is 3.86. The lowest BCUT2D eigenvalue weighted by Gasteiger charge is -2.38. The third kappa shape index (κ3) is 4.14. The van der Waals surface area contributed by atoms with Crippen molar-refractivity contribution < 1.29 is 13.6 Å². The maximum atomic E-state index is 14.1. The van der Waals surface area contributed by atoms with Crippen LogP contribution < -0.4 is 4.90 Å². The van der Waals surface area contributed by atoms with Gasteiger partial charge in [0.1, 0.15) is 11.6 Å². The molecule has 0 unspecified atom stereocenters. The number of carbonyl (C=O) groups is 1. The molecule has 0 radical (unpaired) electrons. The van der Waals surface area contributed by atoms with Gasteiger partial charge in [-0.05, 0) is 23.3 Å². The minimum Gasteiger partial charge on any atom is -0.366 e. The molecule has 3 nitrogen and oxygen atoms in total. The van der Waals surface area contributed by atoms with Crippen molar-refractivity contribution in [2.75, 3.05) is 31.1 Å². The van der Waals surface area contributed by atoms with Crippen molar-refractivity contribution in [2.24, 2.45) is 0 Å². The third-order valence-electron chi connectivity index (χ3n) is 5.35. The number of nitrogens with zero attached hydrogens (tertiary/aromatic N) is 2. The van der Waals surface area contributed by atoms with Crippen LogP contribution in [0.2, 0.25) is 0 Å². The molecule has 0 spiro atoms. The molecule has 1 aliphatic rings. The second-order valence-electron chi connectivity index (χ2n) is 7.16. The summed E-state index contributed by atoms with van der Waals surface area (Å²) < 4.78 is 27.3. The molecule has 5 heteroatoms. The molecule has 0 bridgehead atoms. The summed E-state index contributed by atoms with van der Waals surface area (Å²) in [4.78, 5) is 17.1. The van der Waals surface area contributed by atoms with Gasteiger partial charge in [-0.25, -0.2) is 8.78 Å². The van der Waals surface area contributed by atoms with E-state index in [1.54, 1.807) is 0 Å². The molecule has 0 atom stereocenters. The van der Waals surface area contributed by atoms with Gasteiger partial charge in [-0.15, -0.1) is 0 Å². The van der Waals surface area contributed by atoms with E-state index in [1.807, 2.05) is 70.5 Å². The number of amides is 1. The summed E-state index contributed by atoms with van der Waals surface area (Å²) in [5.41, 5.74) is 2.28. The van der Waals surface area contributed by atoms with Crippen LogP contribution in [0.5, 0.6) is 0 Å². The van der Waals surface area contributed by atoms with Gasteiger partial charge in [0.2, 0.25) is 5.91 Å². The Morgan fingerprint density at radius 3 is 1.83 bits per heavy atom. The van der Waals surface area contributed by atoms with Crippen LogP contribution in [0.3, 0.4) is 0 Å². The van der Waals surface area contributed by atoms with Gasteiger partial charge in [0.15, 0.2) is 0 Å². The van der Waals surface area contributed by atoms with Crippen molar-refractivity contribution in [3.8, 4) is 0 Å². The SMILES string of the molecule is O=C(C(c1ccccc1)c1ccccc1)N1CCN(c2ccc(F)cc2F)CC1. The number of anilines is 1. The Morgan fingerprint density at radius 1 is 0.759 bits per heavy atom. The average Bonchev–Trinajstić information content (AvgIpc) is 2.76. The number of benzene rings is 3. The molecule has 29 heavy (non-hydrogen) atoms. The lowest BCUT2D eigenvalue weighted by Crippen LogP contribution is -2.50. The number of halogens is 2. The summed E-state index contributed by atoms with van der Waals surface area (Å²) >= 11 is 0. The molecular weight excluding hydrogens is 370 g/mol. The fourth-order valence-corrected chi connectivity index (χ4v) is 3.86. The third-order valence-corrected chi connectivity index (χ3v) is 5.35. The molecule has 4 rings (SSSR count). The molecule has 0 aliphatic carbocycles. The first-order valence-corrected chi connectivity index (χ1v) is 9.72. The van der Waals surface area contributed by atoms with Crippen molar-refractivity contribution in [1.29, 1.82) is 0 Å². The van der Waals surface area contributed by atoms with E-state index in [9.17, 15) is 13.6 Å². The zero-order valence-corrected chi connectivity index (χ0v) is 16.0. The Labute approximate surface area is 169 Å². The Morgan fingerprint density at radius 2 is 1.31 bits per heavy atom. The number of carbonyl (C=O) groups excluding carboxylic acids is 1. The molecule has 1 fully saturated rings. The van der Waals surface area contributed by atoms with Gasteiger partial charge in [0, 0.05) is 32.2 Å². The van der Waals surface area contributed by atoms with Crippen molar-refractivity contribution in [1.82, 2.24) is 4.90 Å². The zero-order valence-electron chi connectivity index (χ0n) is 16.0. The van der Waals surface area contributed by atoms with E-state index >= 15 is 0 Å². The first kappa shape index (κ1) is 19.1. The number of hydrogen-bond donors (Lipinski definition) is 0. The quantitative estimate of drug-likeness (QED) is 0.655. The minimum absolute atomic E-state index is 0.0432. The van der Waals surface area contributed by atoms with E-state index in [1.165, 1.54) is 12.1 Å². The zero-order chi connectivity index (χ0) is 20.2. The van der Waals surface area contributed by atoms with Gasteiger partial charge in [0.25, 0.3) is 0 Å². The number of piperazine rings is 1. The maximum Gasteiger partial charge on any atom is 0.234 e. The van der Waals surface area contributed by atoms with Crippen LogP contribution in [0.4, 0.5) is 14.5 Å². The van der Waals surface area contributed by atoms with Crippen LogP contribution in [-0.2, 0) is 4.79 Å². The van der Waals surface area contributed by atoms with Crippen molar-refractivity contribution in [3.05, 3.63) is 102 Å². The van der Waals surface area contributed by atoms with Crippen LogP contribution in [0.25, 0.3) is 0 Å². The van der Waals surface area contributed by atoms with Gasteiger partial charge < -0.3 is 9.80 Å². The van der Waals surface area contributed by atoms with E-state index in [0.717, 1.165) is 17.2 Å². The molecule has 148 valence electrons. The van der Waals surface area contributed by atoms with Crippen LogP contribution >= 0.6 is 0 Å². The Hall–Kier alpha value is -3.21. The van der Waals surface area contributed by atoms with Crippen LogP contribution in [-0.4, -0.2) is 37.0 Å². The van der Waals surface area contributed by atoms with Crippen molar-refractivity contribution in [3.63, 3.8) is 0 Å². The number of hydrogen-bond acceptors (Lipinski definition) is 2. The summed E-state index contributed by atoms with van der Waals surface area (Å²) in [5.74, 6) is -1.49. The smallest absolute Gasteiger partial charge is 0.234 e. The van der Waals surface area contributed by atoms with Gasteiger partial charge in [-0.1, -0.05) is 60.7 Å². The molecule has 0 aromatic heterocycles. The second kappa shape index (κ2) is 8.43. The fraction of sp³-hybridized carbons (Fsp3) is 0.208. The van der Waals surface area contributed by atoms with Gasteiger partial charge in [0.05, 0.1) is 11.6 Å². The average molecular weight is 392 g/mol. The highest BCUT2D eigenvalue weighted by molar-refractivity contribution is 5.87. The second-order valence-corrected chi connectivity index (χ2v) is 7.16. The first-order chi connectivity index (χ1) is 14.1. The largest absolute Gasteiger partial charge is 0.366 e. The highest BCUT2D eigenvalue weighted by atomic mass is 19.1. The van der Waals surface area contributed by atoms with E-state index in [-0.39, 0.29) is 11.8 Å². The minimum atomic E-state index is -0.589. The van der Waals surface area contributed by atoms with E-state index in [0.29, 0.717) is 31.9 Å². The molecule has 1 saturated heterocycles. The number of rotatable bonds is 4. The van der Waals surface area contributed by atoms with E-state index < -0.39 is 11.6 Å².